The molecule has 116 valence electrons. The number of hydrazine groups is 1. The molecule has 7 heteroatoms. The molecule has 0 atom stereocenters. The van der Waals surface area contributed by atoms with E-state index >= 15 is 0 Å². The molecule has 0 bridgehead atoms. The van der Waals surface area contributed by atoms with Gasteiger partial charge in [-0.25, -0.2) is 15.8 Å². The van der Waals surface area contributed by atoms with Crippen molar-refractivity contribution in [3.63, 3.8) is 0 Å². The molecule has 2 fully saturated rings. The lowest BCUT2D eigenvalue weighted by Crippen LogP contribution is -2.46. The van der Waals surface area contributed by atoms with Gasteiger partial charge in [0.2, 0.25) is 0 Å². The van der Waals surface area contributed by atoms with E-state index < -0.39 is 5.60 Å². The molecule has 3 rings (SSSR count). The van der Waals surface area contributed by atoms with E-state index in [0.717, 1.165) is 24.5 Å². The van der Waals surface area contributed by atoms with Crippen molar-refractivity contribution < 1.29 is 9.84 Å². The second-order valence-corrected chi connectivity index (χ2v) is 6.08. The number of rotatable bonds is 5. The van der Waals surface area contributed by atoms with Crippen LogP contribution in [0.15, 0.2) is 6.07 Å². The molecule has 1 saturated heterocycles. The molecule has 1 saturated carbocycles. The Hall–Kier alpha value is -1.44. The maximum Gasteiger partial charge on any atom is 0.145 e. The Morgan fingerprint density at radius 2 is 2.14 bits per heavy atom. The lowest BCUT2D eigenvalue weighted by Gasteiger charge is -2.35. The molecule has 2 heterocycles. The highest BCUT2D eigenvalue weighted by atomic mass is 16.5. The van der Waals surface area contributed by atoms with Crippen LogP contribution in [0, 0.1) is 0 Å². The van der Waals surface area contributed by atoms with Crippen molar-refractivity contribution >= 4 is 11.6 Å². The SMILES string of the molecule is CN(CC1(O)CCOCC1)c1cc(NN)nc(C2CC2)n1. The zero-order valence-electron chi connectivity index (χ0n) is 12.4. The smallest absolute Gasteiger partial charge is 0.145 e. The standard InChI is InChI=1S/C14H23N5O2/c1-19(9-14(20)4-6-21-7-5-14)12-8-11(18-15)16-13(17-12)10-2-3-10/h8,10,20H,2-7,9,15H2,1H3,(H,16,17,18). The first-order chi connectivity index (χ1) is 10.1. The summed E-state index contributed by atoms with van der Waals surface area (Å²) in [6.45, 7) is 1.75. The largest absolute Gasteiger partial charge is 0.388 e. The van der Waals surface area contributed by atoms with Crippen molar-refractivity contribution in [1.29, 1.82) is 0 Å². The van der Waals surface area contributed by atoms with Crippen LogP contribution in [-0.4, -0.2) is 47.5 Å². The number of ether oxygens (including phenoxy) is 1. The third-order valence-corrected chi connectivity index (χ3v) is 4.17. The molecular formula is C14H23N5O2. The highest BCUT2D eigenvalue weighted by molar-refractivity contribution is 5.49. The third-order valence-electron chi connectivity index (χ3n) is 4.17. The zero-order valence-corrected chi connectivity index (χ0v) is 12.4. The fraction of sp³-hybridized carbons (Fsp3) is 0.714. The van der Waals surface area contributed by atoms with Crippen molar-refractivity contribution in [2.75, 3.05) is 37.1 Å². The van der Waals surface area contributed by atoms with E-state index in [9.17, 15) is 5.11 Å². The Labute approximate surface area is 124 Å². The van der Waals surface area contributed by atoms with Crippen LogP contribution in [0.5, 0.6) is 0 Å². The summed E-state index contributed by atoms with van der Waals surface area (Å²) < 4.78 is 5.32. The minimum atomic E-state index is -0.714. The van der Waals surface area contributed by atoms with Gasteiger partial charge in [0.1, 0.15) is 17.5 Å². The van der Waals surface area contributed by atoms with E-state index in [-0.39, 0.29) is 0 Å². The molecule has 7 nitrogen and oxygen atoms in total. The highest BCUT2D eigenvalue weighted by Crippen LogP contribution is 2.39. The topological polar surface area (TPSA) is 96.5 Å². The molecule has 1 aromatic heterocycles. The van der Waals surface area contributed by atoms with E-state index in [0.29, 0.717) is 44.3 Å². The van der Waals surface area contributed by atoms with E-state index in [1.54, 1.807) is 0 Å². The fourth-order valence-electron chi connectivity index (χ4n) is 2.68. The van der Waals surface area contributed by atoms with Gasteiger partial charge in [0.05, 0.1) is 5.60 Å². The van der Waals surface area contributed by atoms with Gasteiger partial charge in [-0.2, -0.15) is 0 Å². The Morgan fingerprint density at radius 3 is 2.76 bits per heavy atom. The van der Waals surface area contributed by atoms with E-state index in [2.05, 4.69) is 15.4 Å². The predicted octanol–water partition coefficient (Wildman–Crippen LogP) is 0.617. The molecule has 0 radical (unpaired) electrons. The Morgan fingerprint density at radius 1 is 1.43 bits per heavy atom. The lowest BCUT2D eigenvalue weighted by atomic mass is 9.94. The molecule has 21 heavy (non-hydrogen) atoms. The summed E-state index contributed by atoms with van der Waals surface area (Å²) in [5.74, 6) is 8.20. The van der Waals surface area contributed by atoms with Crippen LogP contribution in [0.4, 0.5) is 11.6 Å². The van der Waals surface area contributed by atoms with Gasteiger partial charge in [-0.05, 0) is 12.8 Å². The molecule has 0 amide bonds. The number of hydrogen-bond donors (Lipinski definition) is 3. The fourth-order valence-corrected chi connectivity index (χ4v) is 2.68. The third kappa shape index (κ3) is 3.42. The number of hydrogen-bond acceptors (Lipinski definition) is 7. The van der Waals surface area contributed by atoms with Gasteiger partial charge in [-0.1, -0.05) is 0 Å². The average molecular weight is 293 g/mol. The summed E-state index contributed by atoms with van der Waals surface area (Å²) in [6, 6.07) is 1.81. The zero-order chi connectivity index (χ0) is 14.9. The van der Waals surface area contributed by atoms with Gasteiger partial charge >= 0.3 is 0 Å². The van der Waals surface area contributed by atoms with Crippen molar-refractivity contribution in [2.24, 2.45) is 5.84 Å². The van der Waals surface area contributed by atoms with Gasteiger partial charge in [0, 0.05) is 51.6 Å². The van der Waals surface area contributed by atoms with Crippen molar-refractivity contribution in [1.82, 2.24) is 9.97 Å². The first-order valence-corrected chi connectivity index (χ1v) is 7.46. The number of aliphatic hydroxyl groups is 1. The molecule has 0 spiro atoms. The lowest BCUT2D eigenvalue weighted by molar-refractivity contribution is -0.0573. The van der Waals surface area contributed by atoms with Gasteiger partial charge < -0.3 is 20.2 Å². The molecule has 0 aromatic carbocycles. The average Bonchev–Trinajstić information content (AvgIpc) is 3.31. The van der Waals surface area contributed by atoms with Gasteiger partial charge in [0.25, 0.3) is 0 Å². The van der Waals surface area contributed by atoms with Gasteiger partial charge in [-0.3, -0.25) is 0 Å². The van der Waals surface area contributed by atoms with Crippen molar-refractivity contribution in [3.8, 4) is 0 Å². The van der Waals surface area contributed by atoms with Gasteiger partial charge in [-0.15, -0.1) is 0 Å². The summed E-state index contributed by atoms with van der Waals surface area (Å²) in [5, 5.41) is 10.6. The summed E-state index contributed by atoms with van der Waals surface area (Å²) >= 11 is 0. The van der Waals surface area contributed by atoms with Crippen LogP contribution in [0.3, 0.4) is 0 Å². The van der Waals surface area contributed by atoms with Gasteiger partial charge in [0.15, 0.2) is 0 Å². The second-order valence-electron chi connectivity index (χ2n) is 6.08. The van der Waals surface area contributed by atoms with Crippen LogP contribution in [0.1, 0.15) is 37.4 Å². The van der Waals surface area contributed by atoms with Crippen LogP contribution in [0.25, 0.3) is 0 Å². The Bertz CT molecular complexity index is 500. The number of nitrogens with two attached hydrogens (primary N) is 1. The number of likely N-dealkylation sites (N-methyl/N-ethyl adjacent to an activating group) is 1. The van der Waals surface area contributed by atoms with Crippen molar-refractivity contribution in [2.45, 2.75) is 37.2 Å². The maximum absolute atomic E-state index is 10.6. The summed E-state index contributed by atoms with van der Waals surface area (Å²) in [4.78, 5) is 11.0. The number of nitrogens with zero attached hydrogens (tertiary/aromatic N) is 3. The van der Waals surface area contributed by atoms with E-state index in [1.165, 1.54) is 0 Å². The minimum Gasteiger partial charge on any atom is -0.388 e. The Kier molecular flexibility index (Phi) is 3.97. The first-order valence-electron chi connectivity index (χ1n) is 7.46. The normalized spacial score (nSPS) is 21.1. The number of aromatic nitrogens is 2. The van der Waals surface area contributed by atoms with E-state index in [1.807, 2.05) is 18.0 Å². The summed E-state index contributed by atoms with van der Waals surface area (Å²) in [7, 11) is 1.94. The minimum absolute atomic E-state index is 0.455. The van der Waals surface area contributed by atoms with Crippen LogP contribution >= 0.6 is 0 Å². The molecule has 1 aromatic rings. The number of nitrogens with one attached hydrogen (secondary N) is 1. The quantitative estimate of drug-likeness (QED) is 0.541. The molecule has 1 aliphatic heterocycles. The highest BCUT2D eigenvalue weighted by Gasteiger charge is 2.32. The molecule has 2 aliphatic rings. The van der Waals surface area contributed by atoms with Crippen molar-refractivity contribution in [3.05, 3.63) is 11.9 Å². The number of anilines is 2. The number of nitrogen functional groups attached to an aromatic ring is 1. The van der Waals surface area contributed by atoms with Crippen LogP contribution in [0.2, 0.25) is 0 Å². The molecule has 1 aliphatic carbocycles. The molecule has 4 N–H and O–H groups in total. The predicted molar refractivity (Wildman–Crippen MR) is 80.1 cm³/mol. The maximum atomic E-state index is 10.6. The summed E-state index contributed by atoms with van der Waals surface area (Å²) in [6.07, 6.45) is 3.58. The van der Waals surface area contributed by atoms with Crippen LogP contribution in [-0.2, 0) is 4.74 Å². The molecular weight excluding hydrogens is 270 g/mol. The summed E-state index contributed by atoms with van der Waals surface area (Å²) in [5.41, 5.74) is 1.88. The van der Waals surface area contributed by atoms with E-state index in [4.69, 9.17) is 10.6 Å². The second kappa shape index (κ2) is 5.75. The molecule has 0 unspecified atom stereocenters. The monoisotopic (exact) mass is 293 g/mol. The van der Waals surface area contributed by atoms with Crippen LogP contribution < -0.4 is 16.2 Å². The first kappa shape index (κ1) is 14.5. The Balaban J connectivity index is 1.76.